The molecule has 1 aromatic carbocycles. The number of nitrogens with zero attached hydrogens (tertiary/aromatic N) is 1. The van der Waals surface area contributed by atoms with Crippen molar-refractivity contribution < 1.29 is 0 Å². The fourth-order valence-corrected chi connectivity index (χ4v) is 4.68. The maximum absolute atomic E-state index is 3.92. The molecule has 1 aromatic rings. The molecular formula is C18H26N2. The SMILES string of the molecule is c1ccc2c(c1)CCCC2CNC1CCN2CCCC12. The molecule has 2 heterocycles. The van der Waals surface area contributed by atoms with Crippen LogP contribution in [0.3, 0.4) is 0 Å². The lowest BCUT2D eigenvalue weighted by Crippen LogP contribution is -2.41. The van der Waals surface area contributed by atoms with Crippen molar-refractivity contribution in [1.29, 1.82) is 0 Å². The lowest BCUT2D eigenvalue weighted by Gasteiger charge is -2.28. The Morgan fingerprint density at radius 3 is 3.00 bits per heavy atom. The van der Waals surface area contributed by atoms with Gasteiger partial charge in [0.15, 0.2) is 0 Å². The van der Waals surface area contributed by atoms with Gasteiger partial charge in [0.1, 0.15) is 0 Å². The zero-order valence-corrected chi connectivity index (χ0v) is 12.4. The average Bonchev–Trinajstić information content (AvgIpc) is 3.09. The number of fused-ring (bicyclic) bond motifs is 2. The van der Waals surface area contributed by atoms with Crippen LogP contribution in [0.1, 0.15) is 49.1 Å². The van der Waals surface area contributed by atoms with Gasteiger partial charge in [-0.3, -0.25) is 4.90 Å². The van der Waals surface area contributed by atoms with Gasteiger partial charge in [-0.25, -0.2) is 0 Å². The van der Waals surface area contributed by atoms with Crippen LogP contribution in [0, 0.1) is 0 Å². The highest BCUT2D eigenvalue weighted by Gasteiger charge is 2.37. The van der Waals surface area contributed by atoms with E-state index < -0.39 is 0 Å². The summed E-state index contributed by atoms with van der Waals surface area (Å²) in [4.78, 5) is 2.70. The molecule has 0 bridgehead atoms. The van der Waals surface area contributed by atoms with Crippen LogP contribution in [0.2, 0.25) is 0 Å². The Labute approximate surface area is 122 Å². The molecule has 0 aromatic heterocycles. The lowest BCUT2D eigenvalue weighted by atomic mass is 9.82. The van der Waals surface area contributed by atoms with Crippen molar-refractivity contribution in [3.8, 4) is 0 Å². The van der Waals surface area contributed by atoms with E-state index >= 15 is 0 Å². The van der Waals surface area contributed by atoms with E-state index in [1.807, 2.05) is 0 Å². The fraction of sp³-hybridized carbons (Fsp3) is 0.667. The van der Waals surface area contributed by atoms with Gasteiger partial charge in [0, 0.05) is 25.2 Å². The zero-order chi connectivity index (χ0) is 13.4. The molecule has 108 valence electrons. The first kappa shape index (κ1) is 12.8. The minimum atomic E-state index is 0.746. The Morgan fingerprint density at radius 1 is 1.05 bits per heavy atom. The van der Waals surface area contributed by atoms with E-state index in [0.717, 1.165) is 18.0 Å². The molecule has 2 aliphatic heterocycles. The first-order valence-corrected chi connectivity index (χ1v) is 8.47. The molecule has 0 amide bonds. The number of nitrogens with one attached hydrogen (secondary N) is 1. The minimum Gasteiger partial charge on any atom is -0.312 e. The highest BCUT2D eigenvalue weighted by atomic mass is 15.2. The molecule has 3 aliphatic rings. The summed E-state index contributed by atoms with van der Waals surface area (Å²) in [5.41, 5.74) is 3.21. The van der Waals surface area contributed by atoms with Crippen molar-refractivity contribution in [1.82, 2.24) is 10.2 Å². The summed E-state index contributed by atoms with van der Waals surface area (Å²) >= 11 is 0. The predicted octanol–water partition coefficient (Wildman–Crippen LogP) is 2.93. The Bertz CT molecular complexity index is 470. The Morgan fingerprint density at radius 2 is 2.00 bits per heavy atom. The van der Waals surface area contributed by atoms with E-state index in [2.05, 4.69) is 34.5 Å². The summed E-state index contributed by atoms with van der Waals surface area (Å²) in [6.45, 7) is 3.85. The van der Waals surface area contributed by atoms with Gasteiger partial charge in [0.2, 0.25) is 0 Å². The van der Waals surface area contributed by atoms with Crippen LogP contribution < -0.4 is 5.32 Å². The van der Waals surface area contributed by atoms with E-state index in [4.69, 9.17) is 0 Å². The van der Waals surface area contributed by atoms with Crippen LogP contribution in [0.25, 0.3) is 0 Å². The van der Waals surface area contributed by atoms with Crippen molar-refractivity contribution in [2.45, 2.75) is 56.5 Å². The number of rotatable bonds is 3. The van der Waals surface area contributed by atoms with Gasteiger partial charge in [-0.2, -0.15) is 0 Å². The zero-order valence-electron chi connectivity index (χ0n) is 12.4. The highest BCUT2D eigenvalue weighted by molar-refractivity contribution is 5.32. The van der Waals surface area contributed by atoms with Crippen LogP contribution in [0.15, 0.2) is 24.3 Å². The van der Waals surface area contributed by atoms with Crippen molar-refractivity contribution in [2.75, 3.05) is 19.6 Å². The van der Waals surface area contributed by atoms with E-state index in [9.17, 15) is 0 Å². The monoisotopic (exact) mass is 270 g/mol. The second-order valence-electron chi connectivity index (χ2n) is 6.84. The summed E-state index contributed by atoms with van der Waals surface area (Å²) in [6, 6.07) is 10.7. The second-order valence-corrected chi connectivity index (χ2v) is 6.84. The quantitative estimate of drug-likeness (QED) is 0.908. The Hall–Kier alpha value is -0.860. The Kier molecular flexibility index (Phi) is 3.53. The van der Waals surface area contributed by atoms with Gasteiger partial charge < -0.3 is 5.32 Å². The molecule has 2 heteroatoms. The molecule has 2 nitrogen and oxygen atoms in total. The molecule has 3 unspecified atom stereocenters. The van der Waals surface area contributed by atoms with E-state index in [-0.39, 0.29) is 0 Å². The van der Waals surface area contributed by atoms with Gasteiger partial charge in [-0.1, -0.05) is 24.3 Å². The average molecular weight is 270 g/mol. The smallest absolute Gasteiger partial charge is 0.0250 e. The van der Waals surface area contributed by atoms with Crippen LogP contribution >= 0.6 is 0 Å². The first-order chi connectivity index (χ1) is 9.92. The predicted molar refractivity (Wildman–Crippen MR) is 83.1 cm³/mol. The molecular weight excluding hydrogens is 244 g/mol. The third-order valence-corrected chi connectivity index (χ3v) is 5.73. The highest BCUT2D eigenvalue weighted by Crippen LogP contribution is 2.32. The normalized spacial score (nSPS) is 33.1. The topological polar surface area (TPSA) is 15.3 Å². The van der Waals surface area contributed by atoms with Gasteiger partial charge in [-0.15, -0.1) is 0 Å². The van der Waals surface area contributed by atoms with E-state index in [0.29, 0.717) is 0 Å². The summed E-state index contributed by atoms with van der Waals surface area (Å²) in [5.74, 6) is 0.746. The van der Waals surface area contributed by atoms with Gasteiger partial charge in [0.05, 0.1) is 0 Å². The maximum atomic E-state index is 3.92. The summed E-state index contributed by atoms with van der Waals surface area (Å²) in [5, 5.41) is 3.92. The molecule has 1 N–H and O–H groups in total. The largest absolute Gasteiger partial charge is 0.312 e. The van der Waals surface area contributed by atoms with Crippen molar-refractivity contribution >= 4 is 0 Å². The van der Waals surface area contributed by atoms with Crippen LogP contribution in [0.5, 0.6) is 0 Å². The minimum absolute atomic E-state index is 0.746. The molecule has 2 saturated heterocycles. The van der Waals surface area contributed by atoms with Crippen LogP contribution in [-0.2, 0) is 6.42 Å². The van der Waals surface area contributed by atoms with Gasteiger partial charge in [0.25, 0.3) is 0 Å². The molecule has 20 heavy (non-hydrogen) atoms. The third-order valence-electron chi connectivity index (χ3n) is 5.73. The first-order valence-electron chi connectivity index (χ1n) is 8.47. The summed E-state index contributed by atoms with van der Waals surface area (Å²) in [6.07, 6.45) is 8.20. The molecule has 0 spiro atoms. The molecule has 2 fully saturated rings. The fourth-order valence-electron chi connectivity index (χ4n) is 4.68. The standard InChI is InChI=1S/C18H26N2/c1-2-8-16-14(5-1)6-3-7-15(16)13-19-17-10-12-20-11-4-9-18(17)20/h1-2,5,8,15,17-19H,3-4,6-7,9-13H2. The molecule has 4 rings (SSSR count). The van der Waals surface area contributed by atoms with Crippen LogP contribution in [-0.4, -0.2) is 36.6 Å². The number of hydrogen-bond acceptors (Lipinski definition) is 2. The number of benzene rings is 1. The van der Waals surface area contributed by atoms with Gasteiger partial charge in [-0.05, 0) is 62.1 Å². The maximum Gasteiger partial charge on any atom is 0.0250 e. The summed E-state index contributed by atoms with van der Waals surface area (Å²) in [7, 11) is 0. The van der Waals surface area contributed by atoms with Crippen molar-refractivity contribution in [3.05, 3.63) is 35.4 Å². The third kappa shape index (κ3) is 2.29. The van der Waals surface area contributed by atoms with Gasteiger partial charge >= 0.3 is 0 Å². The number of aryl methyl sites for hydroxylation is 1. The lowest BCUT2D eigenvalue weighted by molar-refractivity contribution is 0.296. The Balaban J connectivity index is 1.41. The van der Waals surface area contributed by atoms with Crippen molar-refractivity contribution in [3.63, 3.8) is 0 Å². The van der Waals surface area contributed by atoms with Crippen LogP contribution in [0.4, 0.5) is 0 Å². The second kappa shape index (κ2) is 5.50. The number of hydrogen-bond donors (Lipinski definition) is 1. The molecule has 0 saturated carbocycles. The van der Waals surface area contributed by atoms with Crippen molar-refractivity contribution in [2.24, 2.45) is 0 Å². The molecule has 1 aliphatic carbocycles. The summed E-state index contributed by atoms with van der Waals surface area (Å²) < 4.78 is 0. The molecule has 0 radical (unpaired) electrons. The van der Waals surface area contributed by atoms with E-state index in [1.165, 1.54) is 58.2 Å². The molecule has 3 atom stereocenters. The van der Waals surface area contributed by atoms with E-state index in [1.54, 1.807) is 11.1 Å².